The highest BCUT2D eigenvalue weighted by molar-refractivity contribution is 6.42. The molecule has 3 rings (SSSR count). The summed E-state index contributed by atoms with van der Waals surface area (Å²) in [6.07, 6.45) is 5.17. The van der Waals surface area contributed by atoms with Gasteiger partial charge in [-0.3, -0.25) is 0 Å². The predicted octanol–water partition coefficient (Wildman–Crippen LogP) is 4.00. The van der Waals surface area contributed by atoms with Crippen LogP contribution in [0.15, 0.2) is 18.2 Å². The maximum atomic E-state index is 6.05. The molecule has 1 aromatic rings. The second kappa shape index (κ2) is 4.92. The van der Waals surface area contributed by atoms with E-state index in [1.54, 1.807) is 6.07 Å². The Hall–Kier alpha value is -0.440. The van der Waals surface area contributed by atoms with E-state index in [1.807, 2.05) is 12.1 Å². The Bertz CT molecular complexity index is 437. The van der Waals surface area contributed by atoms with Crippen LogP contribution in [0.3, 0.4) is 0 Å². The van der Waals surface area contributed by atoms with Crippen LogP contribution in [0.2, 0.25) is 10.0 Å². The van der Waals surface area contributed by atoms with Crippen molar-refractivity contribution < 1.29 is 4.74 Å². The van der Waals surface area contributed by atoms with E-state index < -0.39 is 0 Å². The number of hydrogen-bond acceptors (Lipinski definition) is 2. The molecule has 2 atom stereocenters. The first-order valence-electron chi connectivity index (χ1n) is 6.47. The van der Waals surface area contributed by atoms with Gasteiger partial charge in [0, 0.05) is 18.2 Å². The van der Waals surface area contributed by atoms with Gasteiger partial charge in [-0.05, 0) is 44.9 Å². The standard InChI is InChI=1S/C14H17Cl2NO/c1-17-9-2-3-10(17)7-12(6-9)18-11-4-5-13(15)14(16)8-11/h4-5,8-10,12H,2-3,6-7H2,1H3. The Balaban J connectivity index is 1.68. The smallest absolute Gasteiger partial charge is 0.121 e. The SMILES string of the molecule is CN1C2CCC1CC(Oc1ccc(Cl)c(Cl)c1)C2. The van der Waals surface area contributed by atoms with Crippen LogP contribution in [0.4, 0.5) is 0 Å². The summed E-state index contributed by atoms with van der Waals surface area (Å²) in [5.41, 5.74) is 0. The number of hydrogen-bond donors (Lipinski definition) is 0. The molecule has 2 unspecified atom stereocenters. The molecule has 2 fully saturated rings. The van der Waals surface area contributed by atoms with Gasteiger partial charge in [0.25, 0.3) is 0 Å². The number of rotatable bonds is 2. The van der Waals surface area contributed by atoms with Crippen LogP contribution in [-0.4, -0.2) is 30.1 Å². The second-order valence-electron chi connectivity index (χ2n) is 5.34. The summed E-state index contributed by atoms with van der Waals surface area (Å²) in [5.74, 6) is 0.832. The predicted molar refractivity (Wildman–Crippen MR) is 74.7 cm³/mol. The van der Waals surface area contributed by atoms with Crippen LogP contribution in [-0.2, 0) is 0 Å². The van der Waals surface area contributed by atoms with E-state index in [2.05, 4.69) is 11.9 Å². The van der Waals surface area contributed by atoms with Crippen LogP contribution < -0.4 is 4.74 Å². The number of ether oxygens (including phenoxy) is 1. The minimum absolute atomic E-state index is 0.316. The summed E-state index contributed by atoms with van der Waals surface area (Å²) < 4.78 is 6.05. The fourth-order valence-electron chi connectivity index (χ4n) is 3.20. The molecule has 2 nitrogen and oxygen atoms in total. The Morgan fingerprint density at radius 1 is 1.11 bits per heavy atom. The van der Waals surface area contributed by atoms with E-state index in [1.165, 1.54) is 12.8 Å². The third-order valence-corrected chi connectivity index (χ3v) is 4.99. The van der Waals surface area contributed by atoms with E-state index in [-0.39, 0.29) is 0 Å². The van der Waals surface area contributed by atoms with E-state index in [4.69, 9.17) is 27.9 Å². The van der Waals surface area contributed by atoms with Crippen molar-refractivity contribution in [2.24, 2.45) is 0 Å². The summed E-state index contributed by atoms with van der Waals surface area (Å²) in [6, 6.07) is 6.88. The van der Waals surface area contributed by atoms with Crippen molar-refractivity contribution in [3.05, 3.63) is 28.2 Å². The Kier molecular flexibility index (Phi) is 3.44. The summed E-state index contributed by atoms with van der Waals surface area (Å²) in [4.78, 5) is 2.51. The van der Waals surface area contributed by atoms with E-state index in [9.17, 15) is 0 Å². The fourth-order valence-corrected chi connectivity index (χ4v) is 3.49. The fraction of sp³-hybridized carbons (Fsp3) is 0.571. The molecule has 2 aliphatic heterocycles. The maximum Gasteiger partial charge on any atom is 0.121 e. The molecule has 98 valence electrons. The molecule has 0 aliphatic carbocycles. The van der Waals surface area contributed by atoms with Gasteiger partial charge in [0.05, 0.1) is 10.0 Å². The topological polar surface area (TPSA) is 12.5 Å². The van der Waals surface area contributed by atoms with Crippen molar-refractivity contribution in [1.82, 2.24) is 4.90 Å². The summed E-state index contributed by atoms with van der Waals surface area (Å²) in [7, 11) is 2.23. The minimum atomic E-state index is 0.316. The van der Waals surface area contributed by atoms with Gasteiger partial charge in [0.1, 0.15) is 11.9 Å². The normalized spacial score (nSPS) is 31.6. The molecule has 2 aliphatic rings. The monoisotopic (exact) mass is 285 g/mol. The van der Waals surface area contributed by atoms with Crippen molar-refractivity contribution in [1.29, 1.82) is 0 Å². The first-order chi connectivity index (χ1) is 8.63. The van der Waals surface area contributed by atoms with Crippen molar-refractivity contribution in [3.63, 3.8) is 0 Å². The van der Waals surface area contributed by atoms with Gasteiger partial charge in [-0.2, -0.15) is 0 Å². The lowest BCUT2D eigenvalue weighted by Crippen LogP contribution is -2.43. The highest BCUT2D eigenvalue weighted by atomic mass is 35.5. The molecule has 0 amide bonds. The molecule has 4 heteroatoms. The molecule has 0 radical (unpaired) electrons. The molecule has 0 N–H and O–H groups in total. The third-order valence-electron chi connectivity index (χ3n) is 4.25. The summed E-state index contributed by atoms with van der Waals surface area (Å²) >= 11 is 11.9. The molecular weight excluding hydrogens is 269 g/mol. The molecule has 1 aromatic carbocycles. The Morgan fingerprint density at radius 3 is 2.39 bits per heavy atom. The zero-order valence-electron chi connectivity index (χ0n) is 10.4. The highest BCUT2D eigenvalue weighted by Gasteiger charge is 2.39. The largest absolute Gasteiger partial charge is 0.490 e. The average molecular weight is 286 g/mol. The number of fused-ring (bicyclic) bond motifs is 2. The molecule has 0 saturated carbocycles. The van der Waals surface area contributed by atoms with Crippen LogP contribution in [0.1, 0.15) is 25.7 Å². The first-order valence-corrected chi connectivity index (χ1v) is 7.22. The van der Waals surface area contributed by atoms with Gasteiger partial charge >= 0.3 is 0 Å². The lowest BCUT2D eigenvalue weighted by molar-refractivity contribution is 0.0662. The quantitative estimate of drug-likeness (QED) is 0.815. The zero-order chi connectivity index (χ0) is 12.7. The Labute approximate surface area is 118 Å². The van der Waals surface area contributed by atoms with Crippen molar-refractivity contribution in [2.45, 2.75) is 43.9 Å². The molecule has 2 heterocycles. The minimum Gasteiger partial charge on any atom is -0.490 e. The summed E-state index contributed by atoms with van der Waals surface area (Å²) in [6.45, 7) is 0. The van der Waals surface area contributed by atoms with Gasteiger partial charge in [-0.1, -0.05) is 23.2 Å². The van der Waals surface area contributed by atoms with Gasteiger partial charge in [0.2, 0.25) is 0 Å². The Morgan fingerprint density at radius 2 is 1.78 bits per heavy atom. The lowest BCUT2D eigenvalue weighted by Gasteiger charge is -2.36. The van der Waals surface area contributed by atoms with E-state index in [0.717, 1.165) is 18.6 Å². The number of nitrogens with zero attached hydrogens (tertiary/aromatic N) is 1. The van der Waals surface area contributed by atoms with Crippen molar-refractivity contribution in [3.8, 4) is 5.75 Å². The van der Waals surface area contributed by atoms with Crippen LogP contribution in [0.5, 0.6) is 5.75 Å². The lowest BCUT2D eigenvalue weighted by atomic mass is 10.0. The number of piperidine rings is 1. The van der Waals surface area contributed by atoms with Crippen molar-refractivity contribution >= 4 is 23.2 Å². The highest BCUT2D eigenvalue weighted by Crippen LogP contribution is 2.36. The average Bonchev–Trinajstić information content (AvgIpc) is 2.58. The van der Waals surface area contributed by atoms with Crippen LogP contribution >= 0.6 is 23.2 Å². The molecule has 2 bridgehead atoms. The zero-order valence-corrected chi connectivity index (χ0v) is 11.9. The third kappa shape index (κ3) is 2.34. The number of benzene rings is 1. The van der Waals surface area contributed by atoms with Gasteiger partial charge < -0.3 is 9.64 Å². The van der Waals surface area contributed by atoms with Gasteiger partial charge in [-0.25, -0.2) is 0 Å². The molecule has 2 saturated heterocycles. The molecular formula is C14H17Cl2NO. The number of halogens is 2. The van der Waals surface area contributed by atoms with Gasteiger partial charge in [-0.15, -0.1) is 0 Å². The summed E-state index contributed by atoms with van der Waals surface area (Å²) in [5, 5.41) is 1.14. The molecule has 0 aromatic heterocycles. The molecule has 18 heavy (non-hydrogen) atoms. The van der Waals surface area contributed by atoms with E-state index in [0.29, 0.717) is 28.2 Å². The van der Waals surface area contributed by atoms with Gasteiger partial charge in [0.15, 0.2) is 0 Å². The van der Waals surface area contributed by atoms with Crippen LogP contribution in [0.25, 0.3) is 0 Å². The molecule has 0 spiro atoms. The second-order valence-corrected chi connectivity index (χ2v) is 6.15. The van der Waals surface area contributed by atoms with Crippen LogP contribution in [0, 0.1) is 0 Å². The van der Waals surface area contributed by atoms with E-state index >= 15 is 0 Å². The van der Waals surface area contributed by atoms with Crippen molar-refractivity contribution in [2.75, 3.05) is 7.05 Å². The maximum absolute atomic E-state index is 6.05. The first kappa shape index (κ1) is 12.6.